The minimum atomic E-state index is -0.837. The average Bonchev–Trinajstić information content (AvgIpc) is 3.11. The molecule has 1 amide bonds. The zero-order valence-electron chi connectivity index (χ0n) is 13.3. The monoisotopic (exact) mass is 346 g/mol. The van der Waals surface area contributed by atoms with Gasteiger partial charge in [0.25, 0.3) is 5.91 Å². The number of ether oxygens (including phenoxy) is 1. The number of rotatable bonds is 4. The normalized spacial score (nSPS) is 17.5. The van der Waals surface area contributed by atoms with Gasteiger partial charge in [0.1, 0.15) is 15.6 Å². The van der Waals surface area contributed by atoms with Gasteiger partial charge in [-0.25, -0.2) is 4.98 Å². The minimum absolute atomic E-state index is 0.141. The summed E-state index contributed by atoms with van der Waals surface area (Å²) in [5, 5.41) is 9.90. The number of carboxylic acid groups (broad SMARTS) is 1. The van der Waals surface area contributed by atoms with Crippen molar-refractivity contribution in [3.8, 4) is 16.3 Å². The summed E-state index contributed by atoms with van der Waals surface area (Å²) in [5.74, 6) is -0.690. The van der Waals surface area contributed by atoms with Gasteiger partial charge in [-0.2, -0.15) is 0 Å². The topological polar surface area (TPSA) is 79.7 Å². The summed E-state index contributed by atoms with van der Waals surface area (Å²) in [6.45, 7) is 0.863. The Balaban J connectivity index is 1.74. The number of amides is 1. The van der Waals surface area contributed by atoms with Crippen molar-refractivity contribution >= 4 is 23.2 Å². The summed E-state index contributed by atoms with van der Waals surface area (Å²) in [7, 11) is 1.61. The predicted molar refractivity (Wildman–Crippen MR) is 90.4 cm³/mol. The zero-order chi connectivity index (χ0) is 17.1. The first kappa shape index (κ1) is 16.4. The summed E-state index contributed by atoms with van der Waals surface area (Å²) < 4.78 is 5.13. The number of methoxy groups -OCH3 is 1. The van der Waals surface area contributed by atoms with Gasteiger partial charge in [0.15, 0.2) is 0 Å². The second-order valence-electron chi connectivity index (χ2n) is 5.69. The molecule has 1 aliphatic heterocycles. The van der Waals surface area contributed by atoms with Crippen molar-refractivity contribution in [2.45, 2.75) is 12.8 Å². The standard InChI is InChI=1S/C17H18N2O4S/c1-23-13-6-4-11(5-7-13)15-18-9-14(24-15)16(20)19-8-2-3-12(10-19)17(21)22/h4-7,9,12H,2-3,8,10H2,1H3,(H,21,22)/t12-/m0/s1. The maximum absolute atomic E-state index is 12.6. The average molecular weight is 346 g/mol. The van der Waals surface area contributed by atoms with Crippen LogP contribution in [0.2, 0.25) is 0 Å². The minimum Gasteiger partial charge on any atom is -0.497 e. The molecular weight excluding hydrogens is 328 g/mol. The number of benzene rings is 1. The highest BCUT2D eigenvalue weighted by molar-refractivity contribution is 7.16. The van der Waals surface area contributed by atoms with Crippen LogP contribution in [0.4, 0.5) is 0 Å². The molecular formula is C17H18N2O4S. The Kier molecular flexibility index (Phi) is 4.80. The second-order valence-corrected chi connectivity index (χ2v) is 6.72. The van der Waals surface area contributed by atoms with Crippen LogP contribution >= 0.6 is 11.3 Å². The Hall–Kier alpha value is -2.41. The Bertz CT molecular complexity index is 741. The van der Waals surface area contributed by atoms with Crippen molar-refractivity contribution in [1.82, 2.24) is 9.88 Å². The largest absolute Gasteiger partial charge is 0.497 e. The summed E-state index contributed by atoms with van der Waals surface area (Å²) in [6, 6.07) is 7.49. The van der Waals surface area contributed by atoms with E-state index in [1.165, 1.54) is 11.3 Å². The van der Waals surface area contributed by atoms with E-state index in [1.54, 1.807) is 18.2 Å². The Morgan fingerprint density at radius 1 is 1.33 bits per heavy atom. The summed E-state index contributed by atoms with van der Waals surface area (Å²) in [5.41, 5.74) is 0.918. The molecule has 6 nitrogen and oxygen atoms in total. The molecule has 0 saturated carbocycles. The van der Waals surface area contributed by atoms with Crippen LogP contribution in [-0.4, -0.2) is 47.1 Å². The van der Waals surface area contributed by atoms with Crippen molar-refractivity contribution < 1.29 is 19.4 Å². The Morgan fingerprint density at radius 3 is 2.75 bits per heavy atom. The van der Waals surface area contributed by atoms with Gasteiger partial charge < -0.3 is 14.7 Å². The number of likely N-dealkylation sites (tertiary alicyclic amines) is 1. The van der Waals surface area contributed by atoms with Crippen molar-refractivity contribution in [1.29, 1.82) is 0 Å². The van der Waals surface area contributed by atoms with Gasteiger partial charge in [0.05, 0.1) is 19.2 Å². The van der Waals surface area contributed by atoms with E-state index in [2.05, 4.69) is 4.98 Å². The third kappa shape index (κ3) is 3.41. The highest BCUT2D eigenvalue weighted by Gasteiger charge is 2.29. The number of nitrogens with zero attached hydrogens (tertiary/aromatic N) is 2. The molecule has 2 heterocycles. The molecule has 1 aromatic carbocycles. The van der Waals surface area contributed by atoms with Crippen LogP contribution in [0.25, 0.3) is 10.6 Å². The fraction of sp³-hybridized carbons (Fsp3) is 0.353. The summed E-state index contributed by atoms with van der Waals surface area (Å²) >= 11 is 1.32. The first-order valence-corrected chi connectivity index (χ1v) is 8.52. The van der Waals surface area contributed by atoms with E-state index < -0.39 is 11.9 Å². The number of thiazole rings is 1. The summed E-state index contributed by atoms with van der Waals surface area (Å²) in [6.07, 6.45) is 2.91. The van der Waals surface area contributed by atoms with Crippen molar-refractivity contribution in [2.75, 3.05) is 20.2 Å². The van der Waals surface area contributed by atoms with Crippen LogP contribution < -0.4 is 4.74 Å². The first-order chi connectivity index (χ1) is 11.6. The number of hydrogen-bond donors (Lipinski definition) is 1. The van der Waals surface area contributed by atoms with Crippen molar-refractivity contribution in [2.24, 2.45) is 5.92 Å². The molecule has 7 heteroatoms. The number of carboxylic acids is 1. The van der Waals surface area contributed by atoms with E-state index >= 15 is 0 Å². The third-order valence-corrected chi connectivity index (χ3v) is 5.15. The van der Waals surface area contributed by atoms with Crippen LogP contribution in [-0.2, 0) is 4.79 Å². The number of piperidine rings is 1. The number of carbonyl (C=O) groups is 2. The lowest BCUT2D eigenvalue weighted by Crippen LogP contribution is -2.42. The smallest absolute Gasteiger partial charge is 0.308 e. The first-order valence-electron chi connectivity index (χ1n) is 7.71. The van der Waals surface area contributed by atoms with Gasteiger partial charge in [0, 0.05) is 18.7 Å². The van der Waals surface area contributed by atoms with Gasteiger partial charge in [-0.1, -0.05) is 0 Å². The maximum Gasteiger partial charge on any atom is 0.308 e. The van der Waals surface area contributed by atoms with Gasteiger partial charge in [0.2, 0.25) is 0 Å². The molecule has 0 radical (unpaired) electrons. The zero-order valence-corrected chi connectivity index (χ0v) is 14.1. The molecule has 0 spiro atoms. The van der Waals surface area contributed by atoms with Crippen LogP contribution in [0.3, 0.4) is 0 Å². The molecule has 1 fully saturated rings. The van der Waals surface area contributed by atoms with Gasteiger partial charge in [-0.05, 0) is 37.1 Å². The summed E-state index contributed by atoms with van der Waals surface area (Å²) in [4.78, 5) is 30.2. The predicted octanol–water partition coefficient (Wildman–Crippen LogP) is 2.76. The lowest BCUT2D eigenvalue weighted by Gasteiger charge is -2.30. The molecule has 24 heavy (non-hydrogen) atoms. The SMILES string of the molecule is COc1ccc(-c2ncc(C(=O)N3CCC[C@H](C(=O)O)C3)s2)cc1. The molecule has 1 aliphatic rings. The lowest BCUT2D eigenvalue weighted by atomic mass is 9.98. The van der Waals surface area contributed by atoms with Gasteiger partial charge in [-0.3, -0.25) is 9.59 Å². The van der Waals surface area contributed by atoms with Gasteiger partial charge in [-0.15, -0.1) is 11.3 Å². The van der Waals surface area contributed by atoms with E-state index in [0.29, 0.717) is 24.3 Å². The van der Waals surface area contributed by atoms with Crippen molar-refractivity contribution in [3.05, 3.63) is 35.3 Å². The molecule has 1 N–H and O–H groups in total. The highest BCUT2D eigenvalue weighted by atomic mass is 32.1. The Morgan fingerprint density at radius 2 is 2.08 bits per heavy atom. The molecule has 1 atom stereocenters. The van der Waals surface area contributed by atoms with Crippen LogP contribution in [0.1, 0.15) is 22.5 Å². The number of hydrogen-bond acceptors (Lipinski definition) is 5. The molecule has 0 aliphatic carbocycles. The molecule has 1 saturated heterocycles. The van der Waals surface area contributed by atoms with Crippen LogP contribution in [0.15, 0.2) is 30.5 Å². The third-order valence-electron chi connectivity index (χ3n) is 4.11. The van der Waals surface area contributed by atoms with Crippen LogP contribution in [0, 0.1) is 5.92 Å². The lowest BCUT2D eigenvalue weighted by molar-refractivity contribution is -0.143. The molecule has 0 bridgehead atoms. The van der Waals surface area contributed by atoms with E-state index in [1.807, 2.05) is 24.3 Å². The number of aromatic nitrogens is 1. The quantitative estimate of drug-likeness (QED) is 0.921. The van der Waals surface area contributed by atoms with Gasteiger partial charge >= 0.3 is 5.97 Å². The van der Waals surface area contributed by atoms with Crippen molar-refractivity contribution in [3.63, 3.8) is 0 Å². The fourth-order valence-corrected chi connectivity index (χ4v) is 3.65. The highest BCUT2D eigenvalue weighted by Crippen LogP contribution is 2.28. The Labute approximate surface area is 143 Å². The molecule has 2 aromatic rings. The van der Waals surface area contributed by atoms with E-state index in [4.69, 9.17) is 9.84 Å². The van der Waals surface area contributed by atoms with E-state index in [-0.39, 0.29) is 12.5 Å². The maximum atomic E-state index is 12.6. The second kappa shape index (κ2) is 7.00. The number of carbonyl (C=O) groups excluding carboxylic acids is 1. The molecule has 126 valence electrons. The molecule has 3 rings (SSSR count). The molecule has 1 aromatic heterocycles. The number of aliphatic carboxylic acids is 1. The van der Waals surface area contributed by atoms with E-state index in [9.17, 15) is 9.59 Å². The molecule has 0 unspecified atom stereocenters. The van der Waals surface area contributed by atoms with E-state index in [0.717, 1.165) is 16.3 Å². The van der Waals surface area contributed by atoms with Crippen LogP contribution in [0.5, 0.6) is 5.75 Å². The fourth-order valence-electron chi connectivity index (χ4n) is 2.76.